The summed E-state index contributed by atoms with van der Waals surface area (Å²) in [6.45, 7) is -0.551. The second-order valence-corrected chi connectivity index (χ2v) is 6.66. The summed E-state index contributed by atoms with van der Waals surface area (Å²) in [6.07, 6.45) is -2.49. The summed E-state index contributed by atoms with van der Waals surface area (Å²) in [4.78, 5) is 35.8. The van der Waals surface area contributed by atoms with E-state index in [1.807, 2.05) is 19.2 Å². The number of benzene rings is 1. The summed E-state index contributed by atoms with van der Waals surface area (Å²) in [5.74, 6) is -1.90. The Morgan fingerprint density at radius 1 is 1.26 bits per heavy atom. The van der Waals surface area contributed by atoms with Crippen LogP contribution in [0.3, 0.4) is 0 Å². The fraction of sp³-hybridized carbons (Fsp3) is 0.471. The normalized spacial score (nSPS) is 12.2. The van der Waals surface area contributed by atoms with Crippen molar-refractivity contribution < 1.29 is 32.3 Å². The average Bonchev–Trinajstić information content (AvgIpc) is 2.60. The van der Waals surface area contributed by atoms with Gasteiger partial charge >= 0.3 is 12.1 Å². The van der Waals surface area contributed by atoms with Crippen LogP contribution in [0, 0.1) is 6.92 Å². The van der Waals surface area contributed by atoms with Crippen molar-refractivity contribution in [3.63, 3.8) is 0 Å². The summed E-state index contributed by atoms with van der Waals surface area (Å²) < 4.78 is 40.9. The van der Waals surface area contributed by atoms with E-state index in [4.69, 9.17) is 4.74 Å². The third-order valence-electron chi connectivity index (χ3n) is 3.31. The minimum Gasteiger partial charge on any atom is -0.454 e. The molecule has 150 valence electrons. The lowest BCUT2D eigenvalue weighted by Gasteiger charge is -2.17. The van der Waals surface area contributed by atoms with Gasteiger partial charge in [0.15, 0.2) is 6.61 Å². The van der Waals surface area contributed by atoms with Crippen molar-refractivity contribution in [3.8, 4) is 0 Å². The van der Waals surface area contributed by atoms with E-state index in [0.717, 1.165) is 5.56 Å². The van der Waals surface area contributed by atoms with Crippen LogP contribution in [-0.4, -0.2) is 55.2 Å². The first-order valence-corrected chi connectivity index (χ1v) is 9.38. The summed E-state index contributed by atoms with van der Waals surface area (Å²) in [7, 11) is 0. The highest BCUT2D eigenvalue weighted by Gasteiger charge is 2.28. The second kappa shape index (κ2) is 10.8. The van der Waals surface area contributed by atoms with Crippen LogP contribution in [0.4, 0.5) is 13.2 Å². The van der Waals surface area contributed by atoms with Crippen molar-refractivity contribution in [3.05, 3.63) is 35.4 Å². The Morgan fingerprint density at radius 2 is 1.96 bits per heavy atom. The number of alkyl halides is 3. The van der Waals surface area contributed by atoms with Crippen LogP contribution in [0.1, 0.15) is 22.3 Å². The van der Waals surface area contributed by atoms with Crippen LogP contribution < -0.4 is 10.6 Å². The molecule has 1 rings (SSSR count). The van der Waals surface area contributed by atoms with Gasteiger partial charge in [-0.2, -0.15) is 24.9 Å². The molecule has 6 nitrogen and oxygen atoms in total. The van der Waals surface area contributed by atoms with E-state index < -0.39 is 43.2 Å². The van der Waals surface area contributed by atoms with Crippen LogP contribution in [0.15, 0.2) is 24.3 Å². The number of amides is 2. The Bertz CT molecular complexity index is 668. The summed E-state index contributed by atoms with van der Waals surface area (Å²) in [5.41, 5.74) is 1.23. The number of halogens is 3. The minimum atomic E-state index is -4.55. The van der Waals surface area contributed by atoms with E-state index >= 15 is 0 Å². The number of aryl methyl sites for hydroxylation is 1. The molecule has 1 aromatic carbocycles. The maximum Gasteiger partial charge on any atom is 0.405 e. The zero-order chi connectivity index (χ0) is 20.4. The monoisotopic (exact) mass is 406 g/mol. The molecular weight excluding hydrogens is 385 g/mol. The van der Waals surface area contributed by atoms with Crippen LogP contribution in [0.5, 0.6) is 0 Å². The van der Waals surface area contributed by atoms with Gasteiger partial charge in [0.05, 0.1) is 0 Å². The van der Waals surface area contributed by atoms with Gasteiger partial charge in [-0.05, 0) is 37.5 Å². The molecule has 0 aliphatic rings. The molecule has 0 bridgehead atoms. The number of ether oxygens (including phenoxy) is 1. The van der Waals surface area contributed by atoms with Gasteiger partial charge in [0.2, 0.25) is 0 Å². The molecule has 10 heteroatoms. The molecule has 0 saturated carbocycles. The lowest BCUT2D eigenvalue weighted by Crippen LogP contribution is -2.44. The van der Waals surface area contributed by atoms with E-state index in [2.05, 4.69) is 5.32 Å². The Balaban J connectivity index is 2.62. The lowest BCUT2D eigenvalue weighted by molar-refractivity contribution is -0.152. The molecule has 0 heterocycles. The van der Waals surface area contributed by atoms with Gasteiger partial charge in [0.1, 0.15) is 12.6 Å². The molecule has 1 atom stereocenters. The van der Waals surface area contributed by atoms with Crippen molar-refractivity contribution in [1.29, 1.82) is 0 Å². The highest BCUT2D eigenvalue weighted by molar-refractivity contribution is 7.98. The molecule has 27 heavy (non-hydrogen) atoms. The van der Waals surface area contributed by atoms with Crippen molar-refractivity contribution >= 4 is 29.5 Å². The number of carbonyl (C=O) groups is 3. The molecule has 2 N–H and O–H groups in total. The molecule has 1 aromatic rings. The number of esters is 1. The predicted molar refractivity (Wildman–Crippen MR) is 95.5 cm³/mol. The highest BCUT2D eigenvalue weighted by Crippen LogP contribution is 2.12. The topological polar surface area (TPSA) is 84.5 Å². The maximum absolute atomic E-state index is 12.3. The van der Waals surface area contributed by atoms with E-state index in [1.54, 1.807) is 23.5 Å². The van der Waals surface area contributed by atoms with Crippen molar-refractivity contribution in [2.45, 2.75) is 25.6 Å². The van der Waals surface area contributed by atoms with Crippen molar-refractivity contribution in [1.82, 2.24) is 10.6 Å². The third kappa shape index (κ3) is 9.32. The van der Waals surface area contributed by atoms with Crippen molar-refractivity contribution in [2.75, 3.05) is 25.2 Å². The Morgan fingerprint density at radius 3 is 2.56 bits per heavy atom. The molecule has 0 aliphatic heterocycles. The summed E-state index contributed by atoms with van der Waals surface area (Å²) in [6, 6.07) is 5.74. The summed E-state index contributed by atoms with van der Waals surface area (Å²) >= 11 is 1.44. The first-order chi connectivity index (χ1) is 12.6. The van der Waals surface area contributed by atoms with Crippen LogP contribution in [-0.2, 0) is 14.3 Å². The molecule has 2 amide bonds. The Hall–Kier alpha value is -2.23. The first kappa shape index (κ1) is 22.8. The smallest absolute Gasteiger partial charge is 0.405 e. The molecule has 0 radical (unpaired) electrons. The number of carbonyl (C=O) groups excluding carboxylic acids is 3. The zero-order valence-electron chi connectivity index (χ0n) is 14.9. The van der Waals surface area contributed by atoms with E-state index in [1.165, 1.54) is 11.8 Å². The average molecular weight is 406 g/mol. The molecule has 0 unspecified atom stereocenters. The zero-order valence-corrected chi connectivity index (χ0v) is 15.7. The first-order valence-electron chi connectivity index (χ1n) is 7.99. The maximum atomic E-state index is 12.3. The van der Waals surface area contributed by atoms with E-state index in [9.17, 15) is 27.6 Å². The Labute approximate surface area is 159 Å². The SMILES string of the molecule is CSCC[C@@H](NC(=O)c1cccc(C)c1)C(=O)OCC(=O)NCC(F)(F)F. The molecule has 0 aliphatic carbocycles. The van der Waals surface area contributed by atoms with Gasteiger partial charge in [-0.25, -0.2) is 4.79 Å². The van der Waals surface area contributed by atoms with Crippen LogP contribution in [0.2, 0.25) is 0 Å². The quantitative estimate of drug-likeness (QED) is 0.614. The Kier molecular flexibility index (Phi) is 9.13. The highest BCUT2D eigenvalue weighted by atomic mass is 32.2. The standard InChI is InChI=1S/C17H21F3N2O4S/c1-11-4-3-5-12(8-11)15(24)22-13(6-7-27-2)16(25)26-9-14(23)21-10-17(18,19)20/h3-5,8,13H,6-7,9-10H2,1-2H3,(H,21,23)(H,22,24)/t13-/m1/s1. The molecule has 0 aromatic heterocycles. The number of thioether (sulfide) groups is 1. The van der Waals surface area contributed by atoms with Gasteiger partial charge in [0.25, 0.3) is 11.8 Å². The number of hydrogen-bond acceptors (Lipinski definition) is 5. The van der Waals surface area contributed by atoms with Crippen LogP contribution in [0.25, 0.3) is 0 Å². The van der Waals surface area contributed by atoms with Gasteiger partial charge in [-0.1, -0.05) is 17.7 Å². The third-order valence-corrected chi connectivity index (χ3v) is 3.96. The van der Waals surface area contributed by atoms with Gasteiger partial charge < -0.3 is 15.4 Å². The number of nitrogens with one attached hydrogen (secondary N) is 2. The number of rotatable bonds is 9. The molecule has 0 fully saturated rings. The predicted octanol–water partition coefficient (Wildman–Crippen LogP) is 2.07. The largest absolute Gasteiger partial charge is 0.454 e. The number of hydrogen-bond donors (Lipinski definition) is 2. The van der Waals surface area contributed by atoms with Gasteiger partial charge in [-0.15, -0.1) is 0 Å². The summed E-state index contributed by atoms with van der Waals surface area (Å²) in [5, 5.41) is 4.14. The fourth-order valence-corrected chi connectivity index (χ4v) is 2.47. The van der Waals surface area contributed by atoms with Crippen LogP contribution >= 0.6 is 11.8 Å². The van der Waals surface area contributed by atoms with Gasteiger partial charge in [0, 0.05) is 5.56 Å². The van der Waals surface area contributed by atoms with E-state index in [-0.39, 0.29) is 6.42 Å². The van der Waals surface area contributed by atoms with E-state index in [0.29, 0.717) is 11.3 Å². The van der Waals surface area contributed by atoms with Gasteiger partial charge in [-0.3, -0.25) is 9.59 Å². The van der Waals surface area contributed by atoms with Crippen molar-refractivity contribution in [2.24, 2.45) is 0 Å². The second-order valence-electron chi connectivity index (χ2n) is 5.68. The molecule has 0 saturated heterocycles. The minimum absolute atomic E-state index is 0.252. The lowest BCUT2D eigenvalue weighted by atomic mass is 10.1. The molecule has 0 spiro atoms. The fourth-order valence-electron chi connectivity index (χ4n) is 2.00. The molecular formula is C17H21F3N2O4S.